The second-order valence-electron chi connectivity index (χ2n) is 9.95. The minimum atomic E-state index is 1.37. The van der Waals surface area contributed by atoms with Crippen LogP contribution >= 0.6 is 0 Å². The smallest absolute Gasteiger partial charge is 0.0788 e. The third kappa shape index (κ3) is 14.0. The molecule has 0 bridgehead atoms. The van der Waals surface area contributed by atoms with Crippen molar-refractivity contribution in [1.29, 1.82) is 0 Å². The predicted octanol–water partition coefficient (Wildman–Crippen LogP) is 9.05. The standard InChI is InChI=1S/C27H56N/c1-3-5-7-9-11-13-15-17-19-21-25-28(26-22-23-27-28)24-20-18-16-14-12-10-8-6-4-2/h3-27H2,1-2H3/q+1. The molecule has 1 saturated heterocycles. The lowest BCUT2D eigenvalue weighted by atomic mass is 10.1. The molecule has 0 N–H and O–H groups in total. The van der Waals surface area contributed by atoms with Gasteiger partial charge in [0.25, 0.3) is 0 Å². The summed E-state index contributed by atoms with van der Waals surface area (Å²) >= 11 is 0. The highest BCUT2D eigenvalue weighted by Crippen LogP contribution is 2.23. The van der Waals surface area contributed by atoms with Gasteiger partial charge in [-0.1, -0.05) is 110 Å². The minimum absolute atomic E-state index is 1.37. The van der Waals surface area contributed by atoms with Crippen molar-refractivity contribution in [3.8, 4) is 0 Å². The summed E-state index contributed by atoms with van der Waals surface area (Å²) in [7, 11) is 0. The van der Waals surface area contributed by atoms with E-state index in [0.717, 1.165) is 0 Å². The Balaban J connectivity index is 1.97. The molecule has 0 radical (unpaired) electrons. The Morgan fingerprint density at radius 2 is 0.679 bits per heavy atom. The van der Waals surface area contributed by atoms with E-state index in [0.29, 0.717) is 0 Å². The number of unbranched alkanes of at least 4 members (excludes halogenated alkanes) is 17. The zero-order valence-electron chi connectivity index (χ0n) is 20.1. The molecular formula is C27H56N+. The van der Waals surface area contributed by atoms with Crippen molar-refractivity contribution >= 4 is 0 Å². The molecule has 1 nitrogen and oxygen atoms in total. The Morgan fingerprint density at radius 3 is 1.00 bits per heavy atom. The van der Waals surface area contributed by atoms with E-state index >= 15 is 0 Å². The van der Waals surface area contributed by atoms with E-state index < -0.39 is 0 Å². The fraction of sp³-hybridized carbons (Fsp3) is 1.00. The molecule has 0 aromatic rings. The molecule has 1 heterocycles. The zero-order chi connectivity index (χ0) is 20.2. The van der Waals surface area contributed by atoms with Crippen LogP contribution in [-0.2, 0) is 0 Å². The van der Waals surface area contributed by atoms with Gasteiger partial charge in [0.2, 0.25) is 0 Å². The highest BCUT2D eigenvalue weighted by molar-refractivity contribution is 4.57. The monoisotopic (exact) mass is 394 g/mol. The summed E-state index contributed by atoms with van der Waals surface area (Å²) in [6.45, 7) is 10.6. The molecule has 0 saturated carbocycles. The Bertz CT molecular complexity index is 305. The van der Waals surface area contributed by atoms with Gasteiger partial charge in [-0.25, -0.2) is 0 Å². The Kier molecular flexibility index (Phi) is 17.6. The molecule has 0 spiro atoms. The summed E-state index contributed by atoms with van der Waals surface area (Å²) in [5.74, 6) is 0. The van der Waals surface area contributed by atoms with Crippen LogP contribution in [0.2, 0.25) is 0 Å². The largest absolute Gasteiger partial charge is 0.324 e. The lowest BCUT2D eigenvalue weighted by Crippen LogP contribution is -2.46. The number of hydrogen-bond acceptors (Lipinski definition) is 0. The maximum atomic E-state index is 2.31. The van der Waals surface area contributed by atoms with Crippen LogP contribution < -0.4 is 0 Å². The second-order valence-corrected chi connectivity index (χ2v) is 9.95. The highest BCUT2D eigenvalue weighted by atomic mass is 15.4. The first-order valence-corrected chi connectivity index (χ1v) is 13.7. The second kappa shape index (κ2) is 19.0. The molecule has 1 aliphatic rings. The molecule has 1 aliphatic heterocycles. The van der Waals surface area contributed by atoms with Gasteiger partial charge in [0.05, 0.1) is 26.2 Å². The summed E-state index contributed by atoms with van der Waals surface area (Å²) < 4.78 is 1.49. The maximum absolute atomic E-state index is 2.31. The van der Waals surface area contributed by atoms with Crippen LogP contribution in [0.5, 0.6) is 0 Å². The first kappa shape index (κ1) is 26.0. The molecule has 28 heavy (non-hydrogen) atoms. The minimum Gasteiger partial charge on any atom is -0.324 e. The van der Waals surface area contributed by atoms with Gasteiger partial charge in [-0.3, -0.25) is 0 Å². The van der Waals surface area contributed by atoms with E-state index in [1.54, 1.807) is 0 Å². The average Bonchev–Trinajstić information content (AvgIpc) is 3.17. The SMILES string of the molecule is CCCCCCCCCCCC[N+]1(CCCCCCCCCCC)CCCC1. The Labute approximate surface area is 179 Å². The predicted molar refractivity (Wildman–Crippen MR) is 128 cm³/mol. The van der Waals surface area contributed by atoms with Gasteiger partial charge in [0, 0.05) is 12.8 Å². The van der Waals surface area contributed by atoms with Crippen LogP contribution in [0.1, 0.15) is 149 Å². The molecule has 1 fully saturated rings. The summed E-state index contributed by atoms with van der Waals surface area (Å²) in [6.07, 6.45) is 30.9. The van der Waals surface area contributed by atoms with Crippen molar-refractivity contribution in [3.63, 3.8) is 0 Å². The van der Waals surface area contributed by atoms with Crippen molar-refractivity contribution in [2.24, 2.45) is 0 Å². The van der Waals surface area contributed by atoms with Gasteiger partial charge in [0.15, 0.2) is 0 Å². The molecule has 168 valence electrons. The molecule has 0 aromatic heterocycles. The molecular weight excluding hydrogens is 338 g/mol. The summed E-state index contributed by atoms with van der Waals surface area (Å²) in [5, 5.41) is 0. The van der Waals surface area contributed by atoms with E-state index in [4.69, 9.17) is 0 Å². The van der Waals surface area contributed by atoms with E-state index in [1.165, 1.54) is 165 Å². The molecule has 0 unspecified atom stereocenters. The van der Waals surface area contributed by atoms with E-state index in [-0.39, 0.29) is 0 Å². The van der Waals surface area contributed by atoms with Gasteiger partial charge in [0.1, 0.15) is 0 Å². The highest BCUT2D eigenvalue weighted by Gasteiger charge is 2.30. The van der Waals surface area contributed by atoms with Crippen molar-refractivity contribution in [3.05, 3.63) is 0 Å². The van der Waals surface area contributed by atoms with E-state index in [1.807, 2.05) is 0 Å². The number of nitrogens with zero attached hydrogens (tertiary/aromatic N) is 1. The van der Waals surface area contributed by atoms with Gasteiger partial charge in [-0.2, -0.15) is 0 Å². The summed E-state index contributed by atoms with van der Waals surface area (Å²) in [5.41, 5.74) is 0. The first-order valence-electron chi connectivity index (χ1n) is 13.7. The average molecular weight is 395 g/mol. The normalized spacial score (nSPS) is 16.1. The van der Waals surface area contributed by atoms with Crippen molar-refractivity contribution in [2.75, 3.05) is 26.2 Å². The van der Waals surface area contributed by atoms with Gasteiger partial charge < -0.3 is 4.48 Å². The van der Waals surface area contributed by atoms with Crippen molar-refractivity contribution in [1.82, 2.24) is 0 Å². The van der Waals surface area contributed by atoms with Crippen LogP contribution in [-0.4, -0.2) is 30.7 Å². The molecule has 0 atom stereocenters. The molecule has 0 amide bonds. The fourth-order valence-electron chi connectivity index (χ4n) is 5.26. The van der Waals surface area contributed by atoms with Crippen LogP contribution in [0.25, 0.3) is 0 Å². The van der Waals surface area contributed by atoms with Gasteiger partial charge >= 0.3 is 0 Å². The van der Waals surface area contributed by atoms with Crippen LogP contribution in [0.15, 0.2) is 0 Å². The lowest BCUT2D eigenvalue weighted by Gasteiger charge is -2.34. The first-order chi connectivity index (χ1) is 13.8. The van der Waals surface area contributed by atoms with Crippen LogP contribution in [0.3, 0.4) is 0 Å². The van der Waals surface area contributed by atoms with E-state index in [9.17, 15) is 0 Å². The van der Waals surface area contributed by atoms with Crippen molar-refractivity contribution < 1.29 is 4.48 Å². The number of likely N-dealkylation sites (tertiary alicyclic amines) is 1. The molecule has 0 aliphatic carbocycles. The lowest BCUT2D eigenvalue weighted by molar-refractivity contribution is -0.917. The number of hydrogen-bond donors (Lipinski definition) is 0. The topological polar surface area (TPSA) is 0 Å². The number of quaternary nitrogens is 1. The third-order valence-electron chi connectivity index (χ3n) is 7.24. The van der Waals surface area contributed by atoms with Crippen molar-refractivity contribution in [2.45, 2.75) is 149 Å². The van der Waals surface area contributed by atoms with Crippen LogP contribution in [0, 0.1) is 0 Å². The van der Waals surface area contributed by atoms with E-state index in [2.05, 4.69) is 13.8 Å². The maximum Gasteiger partial charge on any atom is 0.0788 e. The quantitative estimate of drug-likeness (QED) is 0.134. The van der Waals surface area contributed by atoms with Gasteiger partial charge in [-0.05, 0) is 25.7 Å². The molecule has 0 aromatic carbocycles. The Hall–Kier alpha value is -0.0400. The fourth-order valence-corrected chi connectivity index (χ4v) is 5.26. The molecule has 1 rings (SSSR count). The Morgan fingerprint density at radius 1 is 0.393 bits per heavy atom. The third-order valence-corrected chi connectivity index (χ3v) is 7.24. The zero-order valence-corrected chi connectivity index (χ0v) is 20.1. The summed E-state index contributed by atoms with van der Waals surface area (Å²) in [6, 6.07) is 0. The van der Waals surface area contributed by atoms with Crippen LogP contribution in [0.4, 0.5) is 0 Å². The number of rotatable bonds is 21. The molecule has 1 heteroatoms. The van der Waals surface area contributed by atoms with Gasteiger partial charge in [-0.15, -0.1) is 0 Å². The summed E-state index contributed by atoms with van der Waals surface area (Å²) in [4.78, 5) is 0.